The van der Waals surface area contributed by atoms with Crippen LogP contribution in [0.3, 0.4) is 0 Å². The summed E-state index contributed by atoms with van der Waals surface area (Å²) in [7, 11) is 0. The number of hydrogen-bond donors (Lipinski definition) is 2. The molecular formula is C17H29N3O2. The van der Waals surface area contributed by atoms with Gasteiger partial charge < -0.3 is 15.1 Å². The summed E-state index contributed by atoms with van der Waals surface area (Å²) in [6.45, 7) is 7.61. The van der Waals surface area contributed by atoms with Crippen LogP contribution in [0.25, 0.3) is 0 Å². The SMILES string of the molecule is CCCc1cnc(C)nc1N1CC[C@@H](O)[C@@](CO)(CCC)C1. The Labute approximate surface area is 133 Å². The Morgan fingerprint density at radius 1 is 1.36 bits per heavy atom. The van der Waals surface area contributed by atoms with E-state index in [1.54, 1.807) is 0 Å². The van der Waals surface area contributed by atoms with Gasteiger partial charge in [0.1, 0.15) is 11.6 Å². The Balaban J connectivity index is 2.31. The third-order valence-corrected chi connectivity index (χ3v) is 4.73. The van der Waals surface area contributed by atoms with Gasteiger partial charge in [-0.15, -0.1) is 0 Å². The normalized spacial score (nSPS) is 25.5. The Kier molecular flexibility index (Phi) is 5.75. The van der Waals surface area contributed by atoms with Gasteiger partial charge in [0.25, 0.3) is 0 Å². The second-order valence-corrected chi connectivity index (χ2v) is 6.51. The van der Waals surface area contributed by atoms with E-state index >= 15 is 0 Å². The lowest BCUT2D eigenvalue weighted by Gasteiger charge is -2.46. The van der Waals surface area contributed by atoms with Crippen LogP contribution < -0.4 is 4.90 Å². The lowest BCUT2D eigenvalue weighted by Crippen LogP contribution is -2.54. The van der Waals surface area contributed by atoms with E-state index in [1.165, 1.54) is 0 Å². The first kappa shape index (κ1) is 17.2. The summed E-state index contributed by atoms with van der Waals surface area (Å²) < 4.78 is 0. The molecule has 2 heterocycles. The van der Waals surface area contributed by atoms with Gasteiger partial charge in [0.05, 0.1) is 12.7 Å². The summed E-state index contributed by atoms with van der Waals surface area (Å²) in [5, 5.41) is 20.3. The first-order valence-corrected chi connectivity index (χ1v) is 8.42. The highest BCUT2D eigenvalue weighted by atomic mass is 16.3. The van der Waals surface area contributed by atoms with Crippen molar-refractivity contribution in [3.05, 3.63) is 17.6 Å². The van der Waals surface area contributed by atoms with Crippen LogP contribution in [-0.4, -0.2) is 46.0 Å². The second kappa shape index (κ2) is 7.38. The fourth-order valence-corrected chi connectivity index (χ4v) is 3.51. The molecule has 0 aromatic carbocycles. The number of nitrogens with zero attached hydrogens (tertiary/aromatic N) is 3. The number of aliphatic hydroxyl groups excluding tert-OH is 2. The van der Waals surface area contributed by atoms with Gasteiger partial charge in [-0.1, -0.05) is 26.7 Å². The van der Waals surface area contributed by atoms with Crippen LogP contribution in [0.5, 0.6) is 0 Å². The summed E-state index contributed by atoms with van der Waals surface area (Å²) in [6, 6.07) is 0. The monoisotopic (exact) mass is 307 g/mol. The molecule has 22 heavy (non-hydrogen) atoms. The van der Waals surface area contributed by atoms with Crippen LogP contribution in [0.2, 0.25) is 0 Å². The highest BCUT2D eigenvalue weighted by molar-refractivity contribution is 5.47. The van der Waals surface area contributed by atoms with Crippen molar-refractivity contribution < 1.29 is 10.2 Å². The first-order valence-electron chi connectivity index (χ1n) is 8.42. The number of aryl methyl sites for hydroxylation is 2. The van der Waals surface area contributed by atoms with Gasteiger partial charge in [0.15, 0.2) is 0 Å². The zero-order chi connectivity index (χ0) is 16.2. The van der Waals surface area contributed by atoms with E-state index in [-0.39, 0.29) is 6.61 Å². The maximum Gasteiger partial charge on any atom is 0.135 e. The van der Waals surface area contributed by atoms with Crippen molar-refractivity contribution in [2.24, 2.45) is 5.41 Å². The van der Waals surface area contributed by atoms with E-state index in [1.807, 2.05) is 13.1 Å². The van der Waals surface area contributed by atoms with Crippen molar-refractivity contribution in [3.63, 3.8) is 0 Å². The fourth-order valence-electron chi connectivity index (χ4n) is 3.51. The van der Waals surface area contributed by atoms with Crippen LogP contribution in [0, 0.1) is 12.3 Å². The zero-order valence-corrected chi connectivity index (χ0v) is 14.0. The quantitative estimate of drug-likeness (QED) is 0.842. The Hall–Kier alpha value is -1.20. The largest absolute Gasteiger partial charge is 0.396 e. The highest BCUT2D eigenvalue weighted by Crippen LogP contribution is 2.37. The van der Waals surface area contributed by atoms with Crippen molar-refractivity contribution in [2.75, 3.05) is 24.6 Å². The van der Waals surface area contributed by atoms with Crippen molar-refractivity contribution in [3.8, 4) is 0 Å². The topological polar surface area (TPSA) is 69.5 Å². The van der Waals surface area contributed by atoms with Gasteiger partial charge in [0.2, 0.25) is 0 Å². The summed E-state index contributed by atoms with van der Waals surface area (Å²) in [6.07, 6.45) is 5.95. The molecule has 2 rings (SSSR count). The minimum Gasteiger partial charge on any atom is -0.396 e. The van der Waals surface area contributed by atoms with Gasteiger partial charge in [-0.25, -0.2) is 9.97 Å². The molecule has 0 bridgehead atoms. The lowest BCUT2D eigenvalue weighted by molar-refractivity contribution is -0.0353. The first-order chi connectivity index (χ1) is 10.6. The average Bonchev–Trinajstić information content (AvgIpc) is 2.52. The molecule has 5 nitrogen and oxygen atoms in total. The molecule has 1 aliphatic rings. The fraction of sp³-hybridized carbons (Fsp3) is 0.765. The predicted molar refractivity (Wildman–Crippen MR) is 88.0 cm³/mol. The van der Waals surface area contributed by atoms with Crippen molar-refractivity contribution >= 4 is 5.82 Å². The molecule has 1 aliphatic heterocycles. The molecule has 0 aliphatic carbocycles. The smallest absolute Gasteiger partial charge is 0.135 e. The molecule has 0 radical (unpaired) electrons. The molecule has 1 aromatic rings. The summed E-state index contributed by atoms with van der Waals surface area (Å²) in [5.74, 6) is 1.75. The van der Waals surface area contributed by atoms with Crippen LogP contribution in [0.15, 0.2) is 6.20 Å². The van der Waals surface area contributed by atoms with Crippen LogP contribution >= 0.6 is 0 Å². The summed E-state index contributed by atoms with van der Waals surface area (Å²) in [4.78, 5) is 11.2. The number of aromatic nitrogens is 2. The molecule has 1 saturated heterocycles. The van der Waals surface area contributed by atoms with Gasteiger partial charge >= 0.3 is 0 Å². The number of piperidine rings is 1. The van der Waals surface area contributed by atoms with Gasteiger partial charge in [0, 0.05) is 30.3 Å². The van der Waals surface area contributed by atoms with Crippen LogP contribution in [0.1, 0.15) is 50.9 Å². The minimum atomic E-state index is -0.439. The third kappa shape index (κ3) is 3.41. The second-order valence-electron chi connectivity index (χ2n) is 6.51. The maximum absolute atomic E-state index is 10.4. The van der Waals surface area contributed by atoms with Crippen molar-refractivity contribution in [1.29, 1.82) is 0 Å². The molecule has 1 aromatic heterocycles. The van der Waals surface area contributed by atoms with Gasteiger partial charge in [-0.2, -0.15) is 0 Å². The molecule has 0 unspecified atom stereocenters. The average molecular weight is 307 g/mol. The molecule has 0 saturated carbocycles. The molecule has 1 fully saturated rings. The zero-order valence-electron chi connectivity index (χ0n) is 14.0. The van der Waals surface area contributed by atoms with E-state index in [0.29, 0.717) is 13.0 Å². The molecule has 2 atom stereocenters. The third-order valence-electron chi connectivity index (χ3n) is 4.73. The Morgan fingerprint density at radius 3 is 2.77 bits per heavy atom. The van der Waals surface area contributed by atoms with E-state index in [0.717, 1.165) is 49.4 Å². The number of rotatable bonds is 6. The predicted octanol–water partition coefficient (Wildman–Crippen LogP) is 2.09. The van der Waals surface area contributed by atoms with Crippen molar-refractivity contribution in [1.82, 2.24) is 9.97 Å². The molecule has 2 N–H and O–H groups in total. The van der Waals surface area contributed by atoms with E-state index in [2.05, 4.69) is 28.7 Å². The number of anilines is 1. The molecule has 0 spiro atoms. The van der Waals surface area contributed by atoms with Crippen LogP contribution in [-0.2, 0) is 6.42 Å². The maximum atomic E-state index is 10.4. The molecule has 0 amide bonds. The summed E-state index contributed by atoms with van der Waals surface area (Å²) >= 11 is 0. The minimum absolute atomic E-state index is 0.0195. The van der Waals surface area contributed by atoms with E-state index < -0.39 is 11.5 Å². The van der Waals surface area contributed by atoms with Crippen LogP contribution in [0.4, 0.5) is 5.82 Å². The van der Waals surface area contributed by atoms with Gasteiger partial charge in [-0.3, -0.25) is 0 Å². The highest BCUT2D eigenvalue weighted by Gasteiger charge is 2.42. The number of hydrogen-bond acceptors (Lipinski definition) is 5. The Bertz CT molecular complexity index is 495. The molecule has 5 heteroatoms. The lowest BCUT2D eigenvalue weighted by atomic mass is 9.74. The van der Waals surface area contributed by atoms with E-state index in [9.17, 15) is 10.2 Å². The van der Waals surface area contributed by atoms with Gasteiger partial charge in [-0.05, 0) is 26.2 Å². The standard InChI is InChI=1S/C17H29N3O2/c1-4-6-14-10-18-13(3)19-16(14)20-9-7-15(22)17(11-20,12-21)8-5-2/h10,15,21-22H,4-9,11-12H2,1-3H3/t15-,17+/m1/s1. The van der Waals surface area contributed by atoms with Crippen molar-refractivity contribution in [2.45, 2.75) is 59.0 Å². The van der Waals surface area contributed by atoms with E-state index in [4.69, 9.17) is 0 Å². The summed E-state index contributed by atoms with van der Waals surface area (Å²) in [5.41, 5.74) is 0.725. The Morgan fingerprint density at radius 2 is 2.14 bits per heavy atom. The number of aliphatic hydroxyl groups is 2. The molecule has 124 valence electrons. The molecular weight excluding hydrogens is 278 g/mol.